The lowest BCUT2D eigenvalue weighted by molar-refractivity contribution is 0.588. The van der Waals surface area contributed by atoms with Crippen molar-refractivity contribution in [3.05, 3.63) is 57.9 Å². The van der Waals surface area contributed by atoms with Crippen LogP contribution >= 0.6 is 0 Å². The topological polar surface area (TPSA) is 48.0 Å². The molecule has 0 saturated heterocycles. The molecule has 1 aromatic carbocycles. The first-order valence-electron chi connectivity index (χ1n) is 8.23. The molecule has 0 bridgehead atoms. The number of nitrogens with zero attached hydrogens (tertiary/aromatic N) is 1. The fourth-order valence-electron chi connectivity index (χ4n) is 2.68. The van der Waals surface area contributed by atoms with Crippen LogP contribution in [0.2, 0.25) is 0 Å². The Balaban J connectivity index is 2.43. The van der Waals surface area contributed by atoms with Gasteiger partial charge < -0.3 is 10.3 Å². The predicted molar refractivity (Wildman–Crippen MR) is 92.9 cm³/mol. The lowest BCUT2D eigenvalue weighted by atomic mass is 10.1. The van der Waals surface area contributed by atoms with Crippen LogP contribution in [-0.2, 0) is 19.5 Å². The molecule has 0 unspecified atom stereocenters. The second-order valence-electron chi connectivity index (χ2n) is 5.66. The summed E-state index contributed by atoms with van der Waals surface area (Å²) in [4.78, 5) is 12.6. The summed E-state index contributed by atoms with van der Waals surface area (Å²) in [6.07, 6.45) is 4.32. The van der Waals surface area contributed by atoms with Crippen molar-refractivity contribution in [2.75, 3.05) is 0 Å². The van der Waals surface area contributed by atoms with E-state index >= 15 is 0 Å². The van der Waals surface area contributed by atoms with Crippen LogP contribution in [-0.4, -0.2) is 4.57 Å². The second-order valence-corrected chi connectivity index (χ2v) is 5.66. The molecule has 0 spiro atoms. The van der Waals surface area contributed by atoms with Gasteiger partial charge in [0.15, 0.2) is 0 Å². The van der Waals surface area contributed by atoms with Crippen molar-refractivity contribution in [3.8, 4) is 11.3 Å². The molecule has 2 N–H and O–H groups in total. The van der Waals surface area contributed by atoms with Crippen LogP contribution in [0.15, 0.2) is 41.2 Å². The van der Waals surface area contributed by atoms with E-state index in [1.807, 2.05) is 16.7 Å². The van der Waals surface area contributed by atoms with Gasteiger partial charge in [-0.25, -0.2) is 0 Å². The van der Waals surface area contributed by atoms with Crippen molar-refractivity contribution < 1.29 is 0 Å². The van der Waals surface area contributed by atoms with Gasteiger partial charge in [0.2, 0.25) is 0 Å². The molecular formula is C19H26N2O. The number of hydrogen-bond donors (Lipinski definition) is 1. The number of benzene rings is 1. The third-order valence-corrected chi connectivity index (χ3v) is 4.12. The van der Waals surface area contributed by atoms with E-state index in [-0.39, 0.29) is 5.56 Å². The maximum absolute atomic E-state index is 12.6. The smallest absolute Gasteiger partial charge is 0.255 e. The SMILES string of the molecule is CCCCCn1c(-c2ccc(CC)cc2)ccc(CN)c1=O. The molecule has 3 heteroatoms. The van der Waals surface area contributed by atoms with Gasteiger partial charge in [0.1, 0.15) is 0 Å². The third kappa shape index (κ3) is 3.66. The van der Waals surface area contributed by atoms with Crippen LogP contribution in [0, 0.1) is 0 Å². The largest absolute Gasteiger partial charge is 0.326 e. The molecule has 0 aliphatic carbocycles. The third-order valence-electron chi connectivity index (χ3n) is 4.12. The highest BCUT2D eigenvalue weighted by Gasteiger charge is 2.09. The van der Waals surface area contributed by atoms with Gasteiger partial charge >= 0.3 is 0 Å². The molecule has 118 valence electrons. The highest BCUT2D eigenvalue weighted by Crippen LogP contribution is 2.20. The molecule has 0 amide bonds. The first-order chi connectivity index (χ1) is 10.7. The zero-order valence-corrected chi connectivity index (χ0v) is 13.6. The Labute approximate surface area is 132 Å². The monoisotopic (exact) mass is 298 g/mol. The zero-order valence-electron chi connectivity index (χ0n) is 13.6. The second kappa shape index (κ2) is 7.95. The minimum Gasteiger partial charge on any atom is -0.326 e. The molecule has 0 aliphatic heterocycles. The van der Waals surface area contributed by atoms with Crippen LogP contribution in [0.25, 0.3) is 11.3 Å². The molecule has 2 aromatic rings. The highest BCUT2D eigenvalue weighted by molar-refractivity contribution is 5.60. The summed E-state index contributed by atoms with van der Waals surface area (Å²) in [6, 6.07) is 12.4. The molecule has 0 aliphatic rings. The fraction of sp³-hybridized carbons (Fsp3) is 0.421. The first-order valence-corrected chi connectivity index (χ1v) is 8.23. The number of hydrogen-bond acceptors (Lipinski definition) is 2. The Morgan fingerprint density at radius 2 is 1.73 bits per heavy atom. The molecule has 0 saturated carbocycles. The van der Waals surface area contributed by atoms with Crippen molar-refractivity contribution in [1.29, 1.82) is 0 Å². The Kier molecular flexibility index (Phi) is 5.96. The minimum absolute atomic E-state index is 0.0515. The van der Waals surface area contributed by atoms with E-state index in [0.717, 1.165) is 43.5 Å². The van der Waals surface area contributed by atoms with Gasteiger partial charge in [0.05, 0.1) is 5.69 Å². The number of aromatic nitrogens is 1. The molecular weight excluding hydrogens is 272 g/mol. The first kappa shape index (κ1) is 16.5. The van der Waals surface area contributed by atoms with E-state index < -0.39 is 0 Å². The van der Waals surface area contributed by atoms with Crippen molar-refractivity contribution in [2.45, 2.75) is 52.6 Å². The molecule has 3 nitrogen and oxygen atoms in total. The molecule has 1 heterocycles. The Hall–Kier alpha value is -1.87. The van der Waals surface area contributed by atoms with E-state index in [2.05, 4.69) is 38.1 Å². The van der Waals surface area contributed by atoms with Gasteiger partial charge in [-0.1, -0.05) is 57.0 Å². The number of rotatable bonds is 7. The van der Waals surface area contributed by atoms with Crippen LogP contribution < -0.4 is 11.3 Å². The molecule has 1 aromatic heterocycles. The van der Waals surface area contributed by atoms with Crippen molar-refractivity contribution in [2.24, 2.45) is 5.73 Å². The number of pyridine rings is 1. The molecule has 22 heavy (non-hydrogen) atoms. The van der Waals surface area contributed by atoms with E-state index in [9.17, 15) is 4.79 Å². The molecule has 0 fully saturated rings. The van der Waals surface area contributed by atoms with Crippen molar-refractivity contribution >= 4 is 0 Å². The highest BCUT2D eigenvalue weighted by atomic mass is 16.1. The van der Waals surface area contributed by atoms with Gasteiger partial charge in [-0.05, 0) is 30.0 Å². The normalized spacial score (nSPS) is 10.9. The van der Waals surface area contributed by atoms with Gasteiger partial charge in [0.25, 0.3) is 5.56 Å². The van der Waals surface area contributed by atoms with Gasteiger partial charge in [0, 0.05) is 18.7 Å². The summed E-state index contributed by atoms with van der Waals surface area (Å²) in [5.41, 5.74) is 9.81. The Morgan fingerprint density at radius 1 is 1.00 bits per heavy atom. The standard InChI is InChI=1S/C19H26N2O/c1-3-5-6-13-21-18(12-11-17(14-20)19(21)22)16-9-7-15(4-2)8-10-16/h7-12H,3-6,13-14,20H2,1-2H3. The summed E-state index contributed by atoms with van der Waals surface area (Å²) in [5, 5.41) is 0. The number of aryl methyl sites for hydroxylation is 1. The summed E-state index contributed by atoms with van der Waals surface area (Å²) in [6.45, 7) is 5.36. The quantitative estimate of drug-likeness (QED) is 0.792. The van der Waals surface area contributed by atoms with Gasteiger partial charge in [-0.3, -0.25) is 4.79 Å². The predicted octanol–water partition coefficient (Wildman–Crippen LogP) is 3.73. The van der Waals surface area contributed by atoms with Crippen LogP contribution in [0.4, 0.5) is 0 Å². The average Bonchev–Trinajstić information content (AvgIpc) is 2.56. The summed E-state index contributed by atoms with van der Waals surface area (Å²) >= 11 is 0. The van der Waals surface area contributed by atoms with Gasteiger partial charge in [-0.15, -0.1) is 0 Å². The van der Waals surface area contributed by atoms with E-state index in [0.29, 0.717) is 12.1 Å². The summed E-state index contributed by atoms with van der Waals surface area (Å²) < 4.78 is 1.89. The average molecular weight is 298 g/mol. The molecule has 0 radical (unpaired) electrons. The Morgan fingerprint density at radius 3 is 2.32 bits per heavy atom. The lowest BCUT2D eigenvalue weighted by Crippen LogP contribution is -2.26. The molecule has 0 atom stereocenters. The summed E-state index contributed by atoms with van der Waals surface area (Å²) in [5.74, 6) is 0. The van der Waals surface area contributed by atoms with E-state index in [4.69, 9.17) is 5.73 Å². The zero-order chi connectivity index (χ0) is 15.9. The van der Waals surface area contributed by atoms with Crippen LogP contribution in [0.5, 0.6) is 0 Å². The number of unbranched alkanes of at least 4 members (excludes halogenated alkanes) is 2. The van der Waals surface area contributed by atoms with Crippen LogP contribution in [0.3, 0.4) is 0 Å². The lowest BCUT2D eigenvalue weighted by Gasteiger charge is -2.15. The number of nitrogens with two attached hydrogens (primary N) is 1. The van der Waals surface area contributed by atoms with E-state index in [1.54, 1.807) is 0 Å². The van der Waals surface area contributed by atoms with E-state index in [1.165, 1.54) is 5.56 Å². The molecule has 2 rings (SSSR count). The van der Waals surface area contributed by atoms with Crippen molar-refractivity contribution in [3.63, 3.8) is 0 Å². The maximum Gasteiger partial charge on any atom is 0.255 e. The fourth-order valence-corrected chi connectivity index (χ4v) is 2.68. The maximum atomic E-state index is 12.6. The Bertz CT molecular complexity index is 656. The summed E-state index contributed by atoms with van der Waals surface area (Å²) in [7, 11) is 0. The van der Waals surface area contributed by atoms with Crippen LogP contribution in [0.1, 0.15) is 44.2 Å². The van der Waals surface area contributed by atoms with Crippen molar-refractivity contribution in [1.82, 2.24) is 4.57 Å². The minimum atomic E-state index is 0.0515. The van der Waals surface area contributed by atoms with Gasteiger partial charge in [-0.2, -0.15) is 0 Å².